The Bertz CT molecular complexity index is 790. The Kier molecular flexibility index (Phi) is 3.69. The van der Waals surface area contributed by atoms with Crippen LogP contribution in [0.1, 0.15) is 0 Å². The highest BCUT2D eigenvalue weighted by atomic mass is 19.3. The number of hydrogen-bond donors (Lipinski definition) is 1. The van der Waals surface area contributed by atoms with E-state index in [1.165, 1.54) is 12.1 Å². The predicted octanol–water partition coefficient (Wildman–Crippen LogP) is 3.59. The number of benzene rings is 2. The zero-order chi connectivity index (χ0) is 15.5. The smallest absolute Gasteiger partial charge is 0.387 e. The number of nitrogen functional groups attached to an aromatic ring is 1. The largest absolute Gasteiger partial charge is 0.435 e. The molecule has 0 fully saturated rings. The summed E-state index contributed by atoms with van der Waals surface area (Å²) in [6.45, 7) is -2.89. The summed E-state index contributed by atoms with van der Waals surface area (Å²) >= 11 is 0. The average Bonchev–Trinajstić information content (AvgIpc) is 2.97. The molecule has 0 aliphatic rings. The van der Waals surface area contributed by atoms with Crippen molar-refractivity contribution in [1.29, 1.82) is 0 Å². The van der Waals surface area contributed by atoms with Crippen molar-refractivity contribution in [2.45, 2.75) is 6.61 Å². The number of rotatable bonds is 4. The van der Waals surface area contributed by atoms with Gasteiger partial charge < -0.3 is 15.0 Å². The van der Waals surface area contributed by atoms with Crippen LogP contribution in [0, 0.1) is 0 Å². The summed E-state index contributed by atoms with van der Waals surface area (Å²) < 4.78 is 34.0. The lowest BCUT2D eigenvalue weighted by atomic mass is 10.2. The third-order valence-corrected chi connectivity index (χ3v) is 2.93. The Balaban J connectivity index is 1.93. The third-order valence-electron chi connectivity index (χ3n) is 2.93. The Morgan fingerprint density at radius 3 is 2.68 bits per heavy atom. The van der Waals surface area contributed by atoms with Crippen molar-refractivity contribution in [3.63, 3.8) is 0 Å². The molecule has 22 heavy (non-hydrogen) atoms. The van der Waals surface area contributed by atoms with Crippen LogP contribution in [0.2, 0.25) is 0 Å². The molecule has 2 aromatic carbocycles. The Hall–Kier alpha value is -2.96. The molecule has 0 bridgehead atoms. The fraction of sp³-hybridized carbons (Fsp3) is 0.0667. The van der Waals surface area contributed by atoms with Gasteiger partial charge in [0.25, 0.3) is 5.89 Å². The normalized spacial score (nSPS) is 10.9. The molecule has 0 radical (unpaired) electrons. The van der Waals surface area contributed by atoms with Crippen LogP contribution in [0.5, 0.6) is 5.75 Å². The number of nitrogens with two attached hydrogens (primary N) is 1. The second-order valence-electron chi connectivity index (χ2n) is 4.42. The molecule has 0 amide bonds. The van der Waals surface area contributed by atoms with E-state index in [2.05, 4.69) is 14.9 Å². The van der Waals surface area contributed by atoms with Crippen LogP contribution < -0.4 is 10.5 Å². The summed E-state index contributed by atoms with van der Waals surface area (Å²) in [6, 6.07) is 13.1. The molecule has 0 aliphatic carbocycles. The molecule has 112 valence electrons. The Labute approximate surface area is 124 Å². The molecule has 1 heterocycles. The first-order valence-electron chi connectivity index (χ1n) is 6.37. The Morgan fingerprint density at radius 1 is 1.09 bits per heavy atom. The number of ether oxygens (including phenoxy) is 1. The average molecular weight is 303 g/mol. The van der Waals surface area contributed by atoms with E-state index in [1.807, 2.05) is 0 Å². The third kappa shape index (κ3) is 2.88. The van der Waals surface area contributed by atoms with Crippen LogP contribution in [0.15, 0.2) is 53.1 Å². The highest BCUT2D eigenvalue weighted by molar-refractivity contribution is 5.71. The maximum Gasteiger partial charge on any atom is 0.387 e. The second kappa shape index (κ2) is 5.80. The molecule has 0 saturated heterocycles. The maximum absolute atomic E-state index is 12.2. The minimum Gasteiger partial charge on any atom is -0.435 e. The minimum atomic E-state index is -2.89. The van der Waals surface area contributed by atoms with Crippen LogP contribution in [0.3, 0.4) is 0 Å². The van der Waals surface area contributed by atoms with E-state index in [-0.39, 0.29) is 17.5 Å². The lowest BCUT2D eigenvalue weighted by Crippen LogP contribution is -2.01. The molecule has 5 nitrogen and oxygen atoms in total. The van der Waals surface area contributed by atoms with Gasteiger partial charge in [-0.2, -0.15) is 13.8 Å². The lowest BCUT2D eigenvalue weighted by Gasteiger charge is -2.04. The van der Waals surface area contributed by atoms with E-state index in [0.717, 1.165) is 0 Å². The summed E-state index contributed by atoms with van der Waals surface area (Å²) in [7, 11) is 0. The number of aromatic nitrogens is 2. The van der Waals surface area contributed by atoms with Crippen LogP contribution in [-0.2, 0) is 0 Å². The van der Waals surface area contributed by atoms with Gasteiger partial charge in [-0.15, -0.1) is 0 Å². The number of halogens is 2. The molecule has 7 heteroatoms. The molecular weight excluding hydrogens is 292 g/mol. The highest BCUT2D eigenvalue weighted by Gasteiger charge is 2.13. The van der Waals surface area contributed by atoms with Crippen molar-refractivity contribution in [2.75, 3.05) is 5.73 Å². The van der Waals surface area contributed by atoms with Crippen molar-refractivity contribution in [2.24, 2.45) is 0 Å². The van der Waals surface area contributed by atoms with E-state index < -0.39 is 6.61 Å². The zero-order valence-electron chi connectivity index (χ0n) is 11.2. The number of nitrogens with zero attached hydrogens (tertiary/aromatic N) is 2. The van der Waals surface area contributed by atoms with E-state index in [4.69, 9.17) is 10.3 Å². The zero-order valence-corrected chi connectivity index (χ0v) is 11.2. The van der Waals surface area contributed by atoms with Gasteiger partial charge in [0.05, 0.1) is 5.56 Å². The van der Waals surface area contributed by atoms with Gasteiger partial charge in [0.15, 0.2) is 0 Å². The first kappa shape index (κ1) is 14.0. The fourth-order valence-electron chi connectivity index (χ4n) is 1.95. The lowest BCUT2D eigenvalue weighted by molar-refractivity contribution is -0.0498. The molecule has 2 N–H and O–H groups in total. The maximum atomic E-state index is 12.2. The van der Waals surface area contributed by atoms with Crippen LogP contribution in [-0.4, -0.2) is 16.8 Å². The number of para-hydroxylation sites is 1. The van der Waals surface area contributed by atoms with Gasteiger partial charge in [0.2, 0.25) is 5.82 Å². The number of alkyl halides is 2. The van der Waals surface area contributed by atoms with Crippen molar-refractivity contribution in [3.05, 3.63) is 48.5 Å². The molecule has 0 unspecified atom stereocenters. The molecule has 0 aliphatic heterocycles. The van der Waals surface area contributed by atoms with E-state index in [0.29, 0.717) is 16.8 Å². The molecule has 0 spiro atoms. The first-order valence-corrected chi connectivity index (χ1v) is 6.37. The van der Waals surface area contributed by atoms with E-state index >= 15 is 0 Å². The topological polar surface area (TPSA) is 74.2 Å². The first-order chi connectivity index (χ1) is 10.6. The van der Waals surface area contributed by atoms with Gasteiger partial charge in [0.1, 0.15) is 5.75 Å². The quantitative estimate of drug-likeness (QED) is 0.746. The molecule has 3 aromatic rings. The molecule has 1 aromatic heterocycles. The van der Waals surface area contributed by atoms with Crippen LogP contribution in [0.4, 0.5) is 14.5 Å². The molecule has 0 atom stereocenters. The van der Waals surface area contributed by atoms with Crippen LogP contribution in [0.25, 0.3) is 22.8 Å². The summed E-state index contributed by atoms with van der Waals surface area (Å²) in [4.78, 5) is 4.23. The summed E-state index contributed by atoms with van der Waals surface area (Å²) in [5.74, 6) is 0.546. The number of anilines is 1. The van der Waals surface area contributed by atoms with E-state index in [1.54, 1.807) is 36.4 Å². The highest BCUT2D eigenvalue weighted by Crippen LogP contribution is 2.28. The summed E-state index contributed by atoms with van der Waals surface area (Å²) in [6.07, 6.45) is 0. The van der Waals surface area contributed by atoms with Gasteiger partial charge in [-0.05, 0) is 24.3 Å². The monoisotopic (exact) mass is 303 g/mol. The molecule has 0 saturated carbocycles. The van der Waals surface area contributed by atoms with Gasteiger partial charge in [0, 0.05) is 11.3 Å². The standard InChI is InChI=1S/C15H11F2N3O2/c16-15(17)21-10-5-3-4-9(8-10)13-19-14(22-20-13)11-6-1-2-7-12(11)18/h1-8,15H,18H2. The van der Waals surface area contributed by atoms with Crippen molar-refractivity contribution < 1.29 is 18.0 Å². The van der Waals surface area contributed by atoms with Crippen LogP contribution >= 0.6 is 0 Å². The summed E-state index contributed by atoms with van der Waals surface area (Å²) in [5.41, 5.74) is 7.47. The molecule has 3 rings (SSSR count). The molecular formula is C15H11F2N3O2. The SMILES string of the molecule is Nc1ccccc1-c1nc(-c2cccc(OC(F)F)c2)no1. The fourth-order valence-corrected chi connectivity index (χ4v) is 1.95. The van der Waals surface area contributed by atoms with Gasteiger partial charge >= 0.3 is 6.61 Å². The second-order valence-corrected chi connectivity index (χ2v) is 4.42. The Morgan fingerprint density at radius 2 is 1.91 bits per heavy atom. The minimum absolute atomic E-state index is 0.0260. The summed E-state index contributed by atoms with van der Waals surface area (Å²) in [5, 5.41) is 3.84. The van der Waals surface area contributed by atoms with Crippen molar-refractivity contribution in [3.8, 4) is 28.6 Å². The van der Waals surface area contributed by atoms with Gasteiger partial charge in [-0.25, -0.2) is 0 Å². The van der Waals surface area contributed by atoms with Gasteiger partial charge in [-0.3, -0.25) is 0 Å². The van der Waals surface area contributed by atoms with Crippen molar-refractivity contribution in [1.82, 2.24) is 10.1 Å². The van der Waals surface area contributed by atoms with E-state index in [9.17, 15) is 8.78 Å². The van der Waals surface area contributed by atoms with Gasteiger partial charge in [-0.1, -0.05) is 29.4 Å². The van der Waals surface area contributed by atoms with Crippen molar-refractivity contribution >= 4 is 5.69 Å². The number of hydrogen-bond acceptors (Lipinski definition) is 5. The predicted molar refractivity (Wildman–Crippen MR) is 76.2 cm³/mol.